The molecule has 0 saturated carbocycles. The zero-order chi connectivity index (χ0) is 10.6. The number of allylic oxidation sites excluding steroid dienone is 7. The van der Waals surface area contributed by atoms with Gasteiger partial charge in [-0.1, -0.05) is 43.9 Å². The van der Waals surface area contributed by atoms with E-state index in [1.54, 1.807) is 6.20 Å². The van der Waals surface area contributed by atoms with Crippen LogP contribution in [0.4, 0.5) is 0 Å². The fourth-order valence-corrected chi connectivity index (χ4v) is 0.877. The molecular formula is C13H19N. The first-order chi connectivity index (χ1) is 6.85. The lowest BCUT2D eigenvalue weighted by Crippen LogP contribution is -1.88. The summed E-state index contributed by atoms with van der Waals surface area (Å²) in [5.74, 6) is 0. The van der Waals surface area contributed by atoms with Gasteiger partial charge in [-0.25, -0.2) is 0 Å². The maximum atomic E-state index is 3.55. The van der Waals surface area contributed by atoms with Gasteiger partial charge in [0.05, 0.1) is 0 Å². The number of nitrogens with one attached hydrogen (secondary N) is 1. The Balaban J connectivity index is 4.17. The van der Waals surface area contributed by atoms with Crippen molar-refractivity contribution in [2.24, 2.45) is 0 Å². The molecule has 0 spiro atoms. The lowest BCUT2D eigenvalue weighted by Gasteiger charge is -1.93. The Morgan fingerprint density at radius 3 is 2.64 bits per heavy atom. The SMILES string of the molecule is C=CN/C=C/C=C(\C=C/C=C\C)CC. The molecule has 0 bridgehead atoms. The second kappa shape index (κ2) is 9.59. The average molecular weight is 189 g/mol. The Morgan fingerprint density at radius 2 is 2.07 bits per heavy atom. The van der Waals surface area contributed by atoms with Crippen molar-refractivity contribution in [3.63, 3.8) is 0 Å². The third kappa shape index (κ3) is 7.17. The molecule has 0 atom stereocenters. The van der Waals surface area contributed by atoms with E-state index in [0.29, 0.717) is 0 Å². The third-order valence-electron chi connectivity index (χ3n) is 1.64. The lowest BCUT2D eigenvalue weighted by molar-refractivity contribution is 1.14. The fourth-order valence-electron chi connectivity index (χ4n) is 0.877. The highest BCUT2D eigenvalue weighted by Crippen LogP contribution is 2.02. The summed E-state index contributed by atoms with van der Waals surface area (Å²) in [6.45, 7) is 7.70. The average Bonchev–Trinajstić information content (AvgIpc) is 2.22. The highest BCUT2D eigenvalue weighted by atomic mass is 14.8. The van der Waals surface area contributed by atoms with Crippen molar-refractivity contribution in [2.75, 3.05) is 0 Å². The molecule has 0 aliphatic rings. The molecule has 14 heavy (non-hydrogen) atoms. The van der Waals surface area contributed by atoms with E-state index in [2.05, 4.69) is 31.0 Å². The highest BCUT2D eigenvalue weighted by molar-refractivity contribution is 5.25. The van der Waals surface area contributed by atoms with Crippen LogP contribution in [0.15, 0.2) is 61.0 Å². The summed E-state index contributed by atoms with van der Waals surface area (Å²) in [7, 11) is 0. The van der Waals surface area contributed by atoms with Gasteiger partial charge in [-0.3, -0.25) is 0 Å². The van der Waals surface area contributed by atoms with Crippen molar-refractivity contribution in [1.82, 2.24) is 5.32 Å². The van der Waals surface area contributed by atoms with Gasteiger partial charge in [-0.2, -0.15) is 0 Å². The lowest BCUT2D eigenvalue weighted by atomic mass is 10.2. The van der Waals surface area contributed by atoms with E-state index < -0.39 is 0 Å². The molecule has 0 rings (SSSR count). The molecule has 1 nitrogen and oxygen atoms in total. The van der Waals surface area contributed by atoms with E-state index in [4.69, 9.17) is 0 Å². The van der Waals surface area contributed by atoms with Crippen LogP contribution in [0.1, 0.15) is 20.3 Å². The highest BCUT2D eigenvalue weighted by Gasteiger charge is 1.82. The largest absolute Gasteiger partial charge is 0.368 e. The minimum Gasteiger partial charge on any atom is -0.368 e. The fraction of sp³-hybridized carbons (Fsp3) is 0.231. The predicted molar refractivity (Wildman–Crippen MR) is 64.8 cm³/mol. The molecule has 1 N–H and O–H groups in total. The molecule has 0 aromatic carbocycles. The van der Waals surface area contributed by atoms with E-state index in [1.165, 1.54) is 5.57 Å². The Labute approximate surface area is 87.2 Å². The smallest absolute Gasteiger partial charge is 0.000428 e. The molecule has 0 aromatic heterocycles. The monoisotopic (exact) mass is 189 g/mol. The van der Waals surface area contributed by atoms with Crippen molar-refractivity contribution >= 4 is 0 Å². The van der Waals surface area contributed by atoms with Crippen LogP contribution in [0, 0.1) is 0 Å². The molecule has 0 unspecified atom stereocenters. The number of hydrogen-bond acceptors (Lipinski definition) is 1. The van der Waals surface area contributed by atoms with Gasteiger partial charge in [0.1, 0.15) is 0 Å². The minimum atomic E-state index is 1.03. The Hall–Kier alpha value is -1.50. The number of rotatable bonds is 6. The Kier molecular flexibility index (Phi) is 8.56. The van der Waals surface area contributed by atoms with Crippen molar-refractivity contribution in [3.8, 4) is 0 Å². The van der Waals surface area contributed by atoms with Crippen LogP contribution < -0.4 is 5.32 Å². The summed E-state index contributed by atoms with van der Waals surface area (Å²) in [4.78, 5) is 0. The van der Waals surface area contributed by atoms with Crippen molar-refractivity contribution in [3.05, 3.63) is 61.0 Å². The van der Waals surface area contributed by atoms with Gasteiger partial charge in [0, 0.05) is 6.20 Å². The number of hydrogen-bond donors (Lipinski definition) is 1. The summed E-state index contributed by atoms with van der Waals surface area (Å²) < 4.78 is 0. The van der Waals surface area contributed by atoms with E-state index in [0.717, 1.165) is 6.42 Å². The summed E-state index contributed by atoms with van der Waals surface area (Å²) >= 11 is 0. The van der Waals surface area contributed by atoms with Crippen LogP contribution in [0.3, 0.4) is 0 Å². The Morgan fingerprint density at radius 1 is 1.29 bits per heavy atom. The standard InChI is InChI=1S/C13H19N/c1-4-7-8-10-13(5-2)11-9-12-14-6-3/h4,6-12,14H,3,5H2,1-2H3/b7-4-,10-8-,12-9+,13-11-. The van der Waals surface area contributed by atoms with Crippen LogP contribution >= 0.6 is 0 Å². The minimum absolute atomic E-state index is 1.03. The van der Waals surface area contributed by atoms with Gasteiger partial charge in [0.2, 0.25) is 0 Å². The molecule has 0 aliphatic heterocycles. The molecule has 0 heterocycles. The molecule has 0 aliphatic carbocycles. The summed E-state index contributed by atoms with van der Waals surface area (Å²) in [5, 5.41) is 2.90. The molecule has 0 amide bonds. The van der Waals surface area contributed by atoms with Crippen molar-refractivity contribution in [1.29, 1.82) is 0 Å². The zero-order valence-corrected chi connectivity index (χ0v) is 9.03. The third-order valence-corrected chi connectivity index (χ3v) is 1.64. The maximum absolute atomic E-state index is 3.55. The van der Waals surface area contributed by atoms with Gasteiger partial charge in [0.15, 0.2) is 0 Å². The summed E-state index contributed by atoms with van der Waals surface area (Å²) in [6.07, 6.45) is 16.8. The van der Waals surface area contributed by atoms with Gasteiger partial charge in [-0.15, -0.1) is 0 Å². The van der Waals surface area contributed by atoms with Crippen LogP contribution in [-0.4, -0.2) is 0 Å². The van der Waals surface area contributed by atoms with Crippen LogP contribution in [0.5, 0.6) is 0 Å². The quantitative estimate of drug-likeness (QED) is 0.628. The molecule has 0 aromatic rings. The first kappa shape index (κ1) is 12.5. The van der Waals surface area contributed by atoms with Crippen LogP contribution in [-0.2, 0) is 0 Å². The van der Waals surface area contributed by atoms with E-state index in [9.17, 15) is 0 Å². The van der Waals surface area contributed by atoms with Crippen molar-refractivity contribution in [2.45, 2.75) is 20.3 Å². The summed E-state index contributed by atoms with van der Waals surface area (Å²) in [6, 6.07) is 0. The second-order valence-electron chi connectivity index (χ2n) is 2.71. The zero-order valence-electron chi connectivity index (χ0n) is 9.03. The van der Waals surface area contributed by atoms with Crippen LogP contribution in [0.2, 0.25) is 0 Å². The van der Waals surface area contributed by atoms with Gasteiger partial charge in [-0.05, 0) is 31.2 Å². The first-order valence-electron chi connectivity index (χ1n) is 4.87. The molecular weight excluding hydrogens is 170 g/mol. The predicted octanol–water partition coefficient (Wildman–Crippen LogP) is 3.70. The molecule has 0 fully saturated rings. The van der Waals surface area contributed by atoms with Crippen molar-refractivity contribution < 1.29 is 0 Å². The molecule has 76 valence electrons. The van der Waals surface area contributed by atoms with Gasteiger partial charge in [0.25, 0.3) is 0 Å². The molecule has 0 radical (unpaired) electrons. The Bertz CT molecular complexity index is 254. The van der Waals surface area contributed by atoms with Crippen LogP contribution in [0.25, 0.3) is 0 Å². The van der Waals surface area contributed by atoms with E-state index in [1.807, 2.05) is 37.4 Å². The second-order valence-corrected chi connectivity index (χ2v) is 2.71. The summed E-state index contributed by atoms with van der Waals surface area (Å²) in [5.41, 5.74) is 1.30. The topological polar surface area (TPSA) is 12.0 Å². The normalized spacial score (nSPS) is 13.1. The van der Waals surface area contributed by atoms with Gasteiger partial charge >= 0.3 is 0 Å². The van der Waals surface area contributed by atoms with Gasteiger partial charge < -0.3 is 5.32 Å². The van der Waals surface area contributed by atoms with E-state index in [-0.39, 0.29) is 0 Å². The van der Waals surface area contributed by atoms with E-state index >= 15 is 0 Å². The molecule has 0 saturated heterocycles. The maximum Gasteiger partial charge on any atom is 0.000428 e. The molecule has 1 heteroatoms. The first-order valence-corrected chi connectivity index (χ1v) is 4.87.